The smallest absolute Gasteiger partial charge is 0.271 e. The van der Waals surface area contributed by atoms with Crippen LogP contribution in [0.15, 0.2) is 36.5 Å². The van der Waals surface area contributed by atoms with Crippen molar-refractivity contribution in [2.24, 2.45) is 5.73 Å². The molecular weight excluding hydrogens is 410 g/mol. The molecule has 0 fully saturated rings. The fourth-order valence-electron chi connectivity index (χ4n) is 2.47. The molecule has 0 saturated heterocycles. The molecule has 156 valence electrons. The van der Waals surface area contributed by atoms with Crippen LogP contribution in [0.2, 0.25) is 0 Å². The first-order valence-electron chi connectivity index (χ1n) is 8.81. The Hall–Kier alpha value is -3.48. The summed E-state index contributed by atoms with van der Waals surface area (Å²) in [4.78, 5) is 36.1. The molecule has 30 heavy (non-hydrogen) atoms. The van der Waals surface area contributed by atoms with Crippen molar-refractivity contribution in [2.45, 2.75) is 26.0 Å². The van der Waals surface area contributed by atoms with Gasteiger partial charge in [0.2, 0.25) is 11.9 Å². The van der Waals surface area contributed by atoms with Crippen molar-refractivity contribution in [3.8, 4) is 10.6 Å². The molecule has 0 aliphatic rings. The monoisotopic (exact) mass is 429 g/mol. The molecule has 0 radical (unpaired) electrons. The van der Waals surface area contributed by atoms with Crippen LogP contribution in [0.5, 0.6) is 0 Å². The molecule has 3 rings (SSSR count). The number of amides is 1. The van der Waals surface area contributed by atoms with Crippen molar-refractivity contribution in [3.63, 3.8) is 0 Å². The van der Waals surface area contributed by atoms with Gasteiger partial charge >= 0.3 is 0 Å². The third kappa shape index (κ3) is 4.92. The summed E-state index contributed by atoms with van der Waals surface area (Å²) in [5.41, 5.74) is 7.26. The second kappa shape index (κ2) is 8.90. The number of aromatic nitrogens is 3. The number of aliphatic hydroxyl groups is 1. The number of anilines is 3. The van der Waals surface area contributed by atoms with Gasteiger partial charge < -0.3 is 21.5 Å². The highest BCUT2D eigenvalue weighted by Crippen LogP contribution is 2.32. The normalized spacial score (nSPS) is 12.8. The maximum absolute atomic E-state index is 12.0. The van der Waals surface area contributed by atoms with E-state index >= 15 is 0 Å². The van der Waals surface area contributed by atoms with E-state index in [2.05, 4.69) is 25.6 Å². The largest absolute Gasteiger partial charge is 0.391 e. The number of nitro groups is 1. The van der Waals surface area contributed by atoms with Gasteiger partial charge in [0.1, 0.15) is 6.04 Å². The van der Waals surface area contributed by atoms with Gasteiger partial charge in [0.05, 0.1) is 27.3 Å². The minimum atomic E-state index is -1.07. The molecule has 1 aromatic carbocycles. The summed E-state index contributed by atoms with van der Waals surface area (Å²) in [5.74, 6) is -0.288. The zero-order valence-corrected chi connectivity index (χ0v) is 16.9. The van der Waals surface area contributed by atoms with Gasteiger partial charge in [-0.05, 0) is 26.0 Å². The van der Waals surface area contributed by atoms with E-state index in [4.69, 9.17) is 5.73 Å². The Morgan fingerprint density at radius 3 is 2.80 bits per heavy atom. The van der Waals surface area contributed by atoms with Crippen LogP contribution in [0.25, 0.3) is 10.6 Å². The molecule has 0 bridgehead atoms. The lowest BCUT2D eigenvalue weighted by Crippen LogP contribution is -2.43. The predicted molar refractivity (Wildman–Crippen MR) is 113 cm³/mol. The maximum atomic E-state index is 12.0. The number of carbonyl (C=O) groups is 1. The van der Waals surface area contributed by atoms with Crippen LogP contribution < -0.4 is 16.4 Å². The topological polar surface area (TPSA) is 169 Å². The minimum Gasteiger partial charge on any atom is -0.391 e. The molecule has 0 unspecified atom stereocenters. The van der Waals surface area contributed by atoms with E-state index in [1.165, 1.54) is 30.4 Å². The molecule has 3 aromatic rings. The van der Waals surface area contributed by atoms with Crippen molar-refractivity contribution >= 4 is 39.7 Å². The quantitative estimate of drug-likeness (QED) is 0.325. The number of nitrogens with two attached hydrogens (primary N) is 1. The summed E-state index contributed by atoms with van der Waals surface area (Å²) in [6.45, 7) is 3.20. The van der Waals surface area contributed by atoms with Crippen LogP contribution in [-0.4, -0.2) is 43.0 Å². The molecule has 2 atom stereocenters. The average Bonchev–Trinajstić information content (AvgIpc) is 3.07. The minimum absolute atomic E-state index is 0.0507. The second-order valence-corrected chi connectivity index (χ2v) is 7.39. The number of hydrogen-bond donors (Lipinski definition) is 4. The highest BCUT2D eigenvalue weighted by atomic mass is 32.1. The highest BCUT2D eigenvalue weighted by Gasteiger charge is 2.21. The number of carbonyl (C=O) groups excluding carboxylic acids is 1. The summed E-state index contributed by atoms with van der Waals surface area (Å²) >= 11 is 1.20. The Balaban J connectivity index is 1.81. The number of nitro benzene ring substituents is 1. The van der Waals surface area contributed by atoms with Gasteiger partial charge in [-0.1, -0.05) is 17.4 Å². The van der Waals surface area contributed by atoms with Crippen molar-refractivity contribution in [1.82, 2.24) is 15.0 Å². The summed E-state index contributed by atoms with van der Waals surface area (Å²) in [5, 5.41) is 26.2. The lowest BCUT2D eigenvalue weighted by molar-refractivity contribution is -0.384. The highest BCUT2D eigenvalue weighted by molar-refractivity contribution is 7.19. The Bertz CT molecular complexity index is 1090. The summed E-state index contributed by atoms with van der Waals surface area (Å²) in [6, 6.07) is 6.62. The molecule has 0 saturated carbocycles. The van der Waals surface area contributed by atoms with E-state index in [1.807, 2.05) is 0 Å². The Morgan fingerprint density at radius 2 is 2.10 bits per heavy atom. The summed E-state index contributed by atoms with van der Waals surface area (Å²) in [6.07, 6.45) is 0.554. The molecule has 12 heteroatoms. The first-order valence-corrected chi connectivity index (χ1v) is 9.63. The van der Waals surface area contributed by atoms with E-state index in [9.17, 15) is 20.0 Å². The third-order valence-corrected chi connectivity index (χ3v) is 5.15. The molecular formula is C18H19N7O4S. The van der Waals surface area contributed by atoms with Crippen LogP contribution in [-0.2, 0) is 4.79 Å². The lowest BCUT2D eigenvalue weighted by Gasteiger charge is -2.12. The zero-order valence-electron chi connectivity index (χ0n) is 16.1. The molecule has 0 aliphatic heterocycles. The fraction of sp³-hybridized carbons (Fsp3) is 0.222. The molecule has 1 amide bonds. The summed E-state index contributed by atoms with van der Waals surface area (Å²) in [7, 11) is 0. The van der Waals surface area contributed by atoms with Gasteiger partial charge in [-0.2, -0.15) is 0 Å². The van der Waals surface area contributed by atoms with E-state index in [1.54, 1.807) is 31.3 Å². The van der Waals surface area contributed by atoms with Gasteiger partial charge in [-0.3, -0.25) is 14.9 Å². The molecule has 2 aromatic heterocycles. The first kappa shape index (κ1) is 21.2. The number of nitrogens with one attached hydrogen (secondary N) is 2. The SMILES string of the molecule is Cc1nc(NC(=O)[C@H](N)[C@@H](C)O)sc1-c1ccnc(Nc2cccc([N+](=O)[O-])c2)n1. The number of aryl methyl sites for hydroxylation is 1. The second-order valence-electron chi connectivity index (χ2n) is 6.39. The van der Waals surface area contributed by atoms with Crippen LogP contribution in [0.4, 0.5) is 22.5 Å². The Kier molecular flexibility index (Phi) is 6.30. The Labute approximate surface area is 175 Å². The lowest BCUT2D eigenvalue weighted by atomic mass is 10.2. The standard InChI is InChI=1S/C18H19N7O4S/c1-9-15(30-18(21-9)24-16(27)14(19)10(2)26)13-6-7-20-17(23-13)22-11-4-3-5-12(8-11)25(28)29/h3-8,10,14,26H,19H2,1-2H3,(H,20,22,23)(H,21,24,27)/t10-,14-/m1/s1. The predicted octanol–water partition coefficient (Wildman–Crippen LogP) is 2.21. The molecule has 11 nitrogen and oxygen atoms in total. The number of non-ortho nitro benzene ring substituents is 1. The van der Waals surface area contributed by atoms with Gasteiger partial charge in [-0.25, -0.2) is 15.0 Å². The van der Waals surface area contributed by atoms with Crippen molar-refractivity contribution in [1.29, 1.82) is 0 Å². The molecule has 0 aliphatic carbocycles. The zero-order chi connectivity index (χ0) is 21.8. The molecule has 2 heterocycles. The number of benzene rings is 1. The van der Waals surface area contributed by atoms with Crippen LogP contribution in [0.1, 0.15) is 12.6 Å². The fourth-order valence-corrected chi connectivity index (χ4v) is 3.41. The van der Waals surface area contributed by atoms with Crippen molar-refractivity contribution in [3.05, 3.63) is 52.3 Å². The third-order valence-electron chi connectivity index (χ3n) is 4.05. The van der Waals surface area contributed by atoms with E-state index in [0.29, 0.717) is 27.1 Å². The van der Waals surface area contributed by atoms with Crippen molar-refractivity contribution < 1.29 is 14.8 Å². The van der Waals surface area contributed by atoms with Gasteiger partial charge in [-0.15, -0.1) is 0 Å². The van der Waals surface area contributed by atoms with Crippen LogP contribution >= 0.6 is 11.3 Å². The van der Waals surface area contributed by atoms with Crippen molar-refractivity contribution in [2.75, 3.05) is 10.6 Å². The van der Waals surface area contributed by atoms with E-state index in [0.717, 1.165) is 0 Å². The van der Waals surface area contributed by atoms with E-state index in [-0.39, 0.29) is 11.6 Å². The van der Waals surface area contributed by atoms with E-state index < -0.39 is 23.0 Å². The number of nitrogens with zero attached hydrogens (tertiary/aromatic N) is 4. The van der Waals surface area contributed by atoms with Crippen LogP contribution in [0, 0.1) is 17.0 Å². The van der Waals surface area contributed by atoms with Gasteiger partial charge in [0.15, 0.2) is 5.13 Å². The average molecular weight is 429 g/mol. The van der Waals surface area contributed by atoms with Crippen LogP contribution in [0.3, 0.4) is 0 Å². The number of thiazole rings is 1. The molecule has 0 spiro atoms. The number of rotatable bonds is 7. The molecule has 5 N–H and O–H groups in total. The Morgan fingerprint density at radius 1 is 1.33 bits per heavy atom. The first-order chi connectivity index (χ1) is 14.2. The number of aliphatic hydroxyl groups excluding tert-OH is 1. The van der Waals surface area contributed by atoms with Gasteiger partial charge in [0, 0.05) is 24.0 Å². The summed E-state index contributed by atoms with van der Waals surface area (Å²) < 4.78 is 0. The number of hydrogen-bond acceptors (Lipinski definition) is 10. The maximum Gasteiger partial charge on any atom is 0.271 e. The van der Waals surface area contributed by atoms with Gasteiger partial charge in [0.25, 0.3) is 5.69 Å².